The van der Waals surface area contributed by atoms with Gasteiger partial charge in [-0.1, -0.05) is 6.07 Å². The number of aryl methyl sites for hydroxylation is 2. The summed E-state index contributed by atoms with van der Waals surface area (Å²) in [6, 6.07) is 9.92. The maximum atomic E-state index is 12.6. The molecular formula is C20H27N5OS. The van der Waals surface area contributed by atoms with Crippen LogP contribution in [0.4, 0.5) is 0 Å². The number of amides is 1. The van der Waals surface area contributed by atoms with Gasteiger partial charge in [0.1, 0.15) is 0 Å². The molecule has 27 heavy (non-hydrogen) atoms. The van der Waals surface area contributed by atoms with E-state index in [1.54, 1.807) is 11.8 Å². The van der Waals surface area contributed by atoms with E-state index in [0.29, 0.717) is 6.42 Å². The molecular weight excluding hydrogens is 358 g/mol. The van der Waals surface area contributed by atoms with Crippen molar-refractivity contribution in [1.82, 2.24) is 24.5 Å². The van der Waals surface area contributed by atoms with Crippen molar-refractivity contribution in [2.24, 2.45) is 0 Å². The van der Waals surface area contributed by atoms with Gasteiger partial charge in [0.2, 0.25) is 5.91 Å². The van der Waals surface area contributed by atoms with E-state index in [0.717, 1.165) is 36.6 Å². The van der Waals surface area contributed by atoms with Gasteiger partial charge in [-0.3, -0.25) is 9.20 Å². The summed E-state index contributed by atoms with van der Waals surface area (Å²) in [5.74, 6) is 1.82. The van der Waals surface area contributed by atoms with Gasteiger partial charge >= 0.3 is 0 Å². The van der Waals surface area contributed by atoms with Gasteiger partial charge in [-0.15, -0.1) is 10.2 Å². The fourth-order valence-electron chi connectivity index (χ4n) is 3.32. The zero-order valence-electron chi connectivity index (χ0n) is 16.2. The smallest absolute Gasteiger partial charge is 0.220 e. The average molecular weight is 386 g/mol. The highest BCUT2D eigenvalue weighted by Crippen LogP contribution is 2.18. The third kappa shape index (κ3) is 4.71. The lowest BCUT2D eigenvalue weighted by molar-refractivity contribution is -0.122. The summed E-state index contributed by atoms with van der Waals surface area (Å²) >= 11 is 1.77. The number of hydrogen-bond acceptors (Lipinski definition) is 4. The summed E-state index contributed by atoms with van der Waals surface area (Å²) < 4.78 is 4.21. The lowest BCUT2D eigenvalue weighted by Gasteiger charge is -2.17. The fourth-order valence-corrected chi connectivity index (χ4v) is 3.79. The number of pyridine rings is 1. The molecule has 1 atom stereocenters. The average Bonchev–Trinajstić information content (AvgIpc) is 3.23. The van der Waals surface area contributed by atoms with Crippen LogP contribution >= 0.6 is 11.8 Å². The summed E-state index contributed by atoms with van der Waals surface area (Å²) in [4.78, 5) is 12.6. The van der Waals surface area contributed by atoms with Gasteiger partial charge in [0.25, 0.3) is 0 Å². The van der Waals surface area contributed by atoms with Gasteiger partial charge in [0.05, 0.1) is 6.04 Å². The van der Waals surface area contributed by atoms with E-state index < -0.39 is 0 Å². The molecule has 3 heterocycles. The Hall–Kier alpha value is -2.28. The van der Waals surface area contributed by atoms with Gasteiger partial charge in [-0.05, 0) is 63.0 Å². The first kappa shape index (κ1) is 19.5. The second kappa shape index (κ2) is 9.08. The molecule has 0 aliphatic carbocycles. The molecule has 3 rings (SSSR count). The van der Waals surface area contributed by atoms with Gasteiger partial charge in [-0.25, -0.2) is 0 Å². The highest BCUT2D eigenvalue weighted by molar-refractivity contribution is 7.98. The Bertz CT molecular complexity index is 881. The van der Waals surface area contributed by atoms with Gasteiger partial charge in [0.15, 0.2) is 11.5 Å². The number of nitrogens with one attached hydrogen (secondary N) is 1. The molecule has 1 N–H and O–H groups in total. The number of aromatic nitrogens is 4. The topological polar surface area (TPSA) is 64.2 Å². The number of fused-ring (bicyclic) bond motifs is 1. The van der Waals surface area contributed by atoms with Crippen molar-refractivity contribution >= 4 is 23.3 Å². The van der Waals surface area contributed by atoms with Crippen molar-refractivity contribution in [2.45, 2.75) is 45.7 Å². The molecule has 0 unspecified atom stereocenters. The molecule has 7 heteroatoms. The first-order valence-electron chi connectivity index (χ1n) is 9.31. The van der Waals surface area contributed by atoms with E-state index in [1.165, 1.54) is 11.4 Å². The van der Waals surface area contributed by atoms with Crippen molar-refractivity contribution < 1.29 is 4.79 Å². The molecule has 0 aliphatic rings. The van der Waals surface area contributed by atoms with E-state index in [2.05, 4.69) is 52.3 Å². The van der Waals surface area contributed by atoms with Gasteiger partial charge < -0.3 is 9.88 Å². The molecule has 3 aromatic rings. The number of thioether (sulfide) groups is 1. The molecule has 1 amide bonds. The van der Waals surface area contributed by atoms with Crippen molar-refractivity contribution in [3.8, 4) is 0 Å². The Morgan fingerprint density at radius 1 is 1.19 bits per heavy atom. The highest BCUT2D eigenvalue weighted by Gasteiger charge is 2.20. The van der Waals surface area contributed by atoms with E-state index in [-0.39, 0.29) is 11.9 Å². The molecule has 0 saturated heterocycles. The first-order valence-corrected chi connectivity index (χ1v) is 10.7. The first-order chi connectivity index (χ1) is 13.1. The van der Waals surface area contributed by atoms with Crippen LogP contribution in [0.25, 0.3) is 5.65 Å². The van der Waals surface area contributed by atoms with Crippen molar-refractivity contribution in [2.75, 3.05) is 12.0 Å². The lowest BCUT2D eigenvalue weighted by Crippen LogP contribution is -2.30. The SMILES string of the molecule is CSCC[C@H](NC(=O)CCCn1c(C)ccc1C)c1nnc2ccccn12. The second-order valence-electron chi connectivity index (χ2n) is 6.76. The predicted octanol–water partition coefficient (Wildman–Crippen LogP) is 3.54. The minimum Gasteiger partial charge on any atom is -0.349 e. The molecule has 0 spiro atoms. The van der Waals surface area contributed by atoms with Gasteiger partial charge in [-0.2, -0.15) is 11.8 Å². The van der Waals surface area contributed by atoms with Gasteiger partial charge in [0, 0.05) is 30.6 Å². The molecule has 0 bridgehead atoms. The molecule has 3 aromatic heterocycles. The van der Waals surface area contributed by atoms with E-state index in [9.17, 15) is 4.79 Å². The summed E-state index contributed by atoms with van der Waals surface area (Å²) in [6.45, 7) is 5.06. The monoisotopic (exact) mass is 385 g/mol. The third-order valence-corrected chi connectivity index (χ3v) is 5.44. The molecule has 0 aromatic carbocycles. The maximum absolute atomic E-state index is 12.6. The molecule has 0 saturated carbocycles. The third-order valence-electron chi connectivity index (χ3n) is 4.80. The zero-order chi connectivity index (χ0) is 19.2. The maximum Gasteiger partial charge on any atom is 0.220 e. The van der Waals surface area contributed by atoms with Crippen LogP contribution in [0.2, 0.25) is 0 Å². The molecule has 0 radical (unpaired) electrons. The summed E-state index contributed by atoms with van der Waals surface area (Å²) in [5.41, 5.74) is 3.27. The van der Waals surface area contributed by atoms with Crippen LogP contribution in [0.5, 0.6) is 0 Å². The van der Waals surface area contributed by atoms with E-state index in [1.807, 2.05) is 28.8 Å². The Kier molecular flexibility index (Phi) is 6.55. The molecule has 0 aliphatic heterocycles. The van der Waals surface area contributed by atoms with Crippen molar-refractivity contribution in [3.63, 3.8) is 0 Å². The number of hydrogen-bond donors (Lipinski definition) is 1. The Labute approximate surface area is 164 Å². The van der Waals surface area contributed by atoms with Crippen LogP contribution in [0, 0.1) is 13.8 Å². The summed E-state index contributed by atoms with van der Waals surface area (Å²) in [6.07, 6.45) is 6.17. The molecule has 144 valence electrons. The number of nitrogens with zero attached hydrogens (tertiary/aromatic N) is 4. The zero-order valence-corrected chi connectivity index (χ0v) is 17.0. The minimum absolute atomic E-state index is 0.0660. The largest absolute Gasteiger partial charge is 0.349 e. The van der Waals surface area contributed by atoms with Crippen LogP contribution in [0.3, 0.4) is 0 Å². The fraction of sp³-hybridized carbons (Fsp3) is 0.450. The Morgan fingerprint density at radius 2 is 1.96 bits per heavy atom. The summed E-state index contributed by atoms with van der Waals surface area (Å²) in [5, 5.41) is 11.7. The highest BCUT2D eigenvalue weighted by atomic mass is 32.2. The standard InChI is InChI=1S/C20H27N5OS/c1-15-9-10-16(2)24(15)13-6-8-19(26)21-17(11-14-27-3)20-23-22-18-7-4-5-12-25(18)20/h4-5,7,9-10,12,17H,6,8,11,13-14H2,1-3H3,(H,21,26)/t17-/m0/s1. The van der Waals surface area contributed by atoms with Crippen LogP contribution in [0.1, 0.15) is 42.5 Å². The Morgan fingerprint density at radius 3 is 2.70 bits per heavy atom. The van der Waals surface area contributed by atoms with E-state index >= 15 is 0 Å². The second-order valence-corrected chi connectivity index (χ2v) is 7.75. The van der Waals surface area contributed by atoms with Crippen molar-refractivity contribution in [3.05, 3.63) is 53.7 Å². The molecule has 0 fully saturated rings. The number of rotatable bonds is 9. The number of carbonyl (C=O) groups is 1. The Balaban J connectivity index is 1.63. The quantitative estimate of drug-likeness (QED) is 0.612. The van der Waals surface area contributed by atoms with E-state index in [4.69, 9.17) is 0 Å². The van der Waals surface area contributed by atoms with Crippen LogP contribution < -0.4 is 5.32 Å². The van der Waals surface area contributed by atoms with Crippen LogP contribution in [-0.4, -0.2) is 37.1 Å². The predicted molar refractivity (Wildman–Crippen MR) is 110 cm³/mol. The minimum atomic E-state index is -0.127. The number of carbonyl (C=O) groups excluding carboxylic acids is 1. The van der Waals surface area contributed by atoms with Crippen LogP contribution in [0.15, 0.2) is 36.5 Å². The van der Waals surface area contributed by atoms with Crippen molar-refractivity contribution in [1.29, 1.82) is 0 Å². The lowest BCUT2D eigenvalue weighted by atomic mass is 10.2. The normalized spacial score (nSPS) is 12.4. The summed E-state index contributed by atoms with van der Waals surface area (Å²) in [7, 11) is 0. The van der Waals surface area contributed by atoms with Crippen LogP contribution in [-0.2, 0) is 11.3 Å². The molecule has 6 nitrogen and oxygen atoms in total.